The van der Waals surface area contributed by atoms with Gasteiger partial charge in [-0.05, 0) is 37.5 Å². The molecule has 3 rings (SSSR count). The molecule has 0 aliphatic carbocycles. The molecule has 25 heavy (non-hydrogen) atoms. The van der Waals surface area contributed by atoms with Crippen LogP contribution in [0.2, 0.25) is 0 Å². The highest BCUT2D eigenvalue weighted by molar-refractivity contribution is 7.22. The maximum absolute atomic E-state index is 12.7. The first-order chi connectivity index (χ1) is 12.1. The Hall–Kier alpha value is -1.50. The van der Waals surface area contributed by atoms with E-state index in [4.69, 9.17) is 9.72 Å². The fourth-order valence-corrected chi connectivity index (χ4v) is 4.40. The van der Waals surface area contributed by atoms with E-state index in [2.05, 4.69) is 30.9 Å². The van der Waals surface area contributed by atoms with Gasteiger partial charge in [0.1, 0.15) is 0 Å². The molecule has 1 aromatic heterocycles. The SMILES string of the molecule is CCCC(=O)N(CCN1CCOCC1)c1nc2c(C)cc(C)cc2s1. The zero-order valence-corrected chi connectivity index (χ0v) is 16.2. The number of rotatable bonds is 6. The zero-order chi connectivity index (χ0) is 17.8. The second-order valence-electron chi connectivity index (χ2n) is 6.67. The minimum atomic E-state index is 0.171. The Morgan fingerprint density at radius 3 is 2.80 bits per heavy atom. The van der Waals surface area contributed by atoms with Crippen LogP contribution in [-0.2, 0) is 9.53 Å². The maximum atomic E-state index is 12.7. The summed E-state index contributed by atoms with van der Waals surface area (Å²) in [5.41, 5.74) is 3.43. The topological polar surface area (TPSA) is 45.7 Å². The lowest BCUT2D eigenvalue weighted by Crippen LogP contribution is -2.43. The average molecular weight is 362 g/mol. The summed E-state index contributed by atoms with van der Waals surface area (Å²) in [6.45, 7) is 11.2. The normalized spacial score (nSPS) is 15.6. The Morgan fingerprint density at radius 1 is 1.32 bits per heavy atom. The van der Waals surface area contributed by atoms with Crippen LogP contribution < -0.4 is 4.90 Å². The van der Waals surface area contributed by atoms with Crippen LogP contribution in [0.3, 0.4) is 0 Å². The number of fused-ring (bicyclic) bond motifs is 1. The van der Waals surface area contributed by atoms with Gasteiger partial charge in [0.25, 0.3) is 0 Å². The molecule has 0 bridgehead atoms. The third-order valence-electron chi connectivity index (χ3n) is 4.56. The molecule has 1 saturated heterocycles. The number of aromatic nitrogens is 1. The second kappa shape index (κ2) is 8.25. The second-order valence-corrected chi connectivity index (χ2v) is 7.68. The van der Waals surface area contributed by atoms with E-state index in [1.165, 1.54) is 11.1 Å². The van der Waals surface area contributed by atoms with Crippen LogP contribution in [0.25, 0.3) is 10.2 Å². The van der Waals surface area contributed by atoms with Crippen LogP contribution in [0.15, 0.2) is 12.1 Å². The first kappa shape index (κ1) is 18.3. The molecule has 0 saturated carbocycles. The van der Waals surface area contributed by atoms with Crippen LogP contribution in [0.1, 0.15) is 30.9 Å². The highest BCUT2D eigenvalue weighted by Gasteiger charge is 2.21. The number of carbonyl (C=O) groups excluding carboxylic acids is 1. The molecule has 0 spiro atoms. The minimum Gasteiger partial charge on any atom is -0.379 e. The third kappa shape index (κ3) is 4.37. The molecule has 0 atom stereocenters. The smallest absolute Gasteiger partial charge is 0.228 e. The van der Waals surface area contributed by atoms with Crippen LogP contribution in [0, 0.1) is 13.8 Å². The van der Waals surface area contributed by atoms with Gasteiger partial charge in [0, 0.05) is 32.6 Å². The highest BCUT2D eigenvalue weighted by Crippen LogP contribution is 2.32. The summed E-state index contributed by atoms with van der Waals surface area (Å²) >= 11 is 1.63. The molecule has 0 unspecified atom stereocenters. The van der Waals surface area contributed by atoms with E-state index < -0.39 is 0 Å². The number of ether oxygens (including phenoxy) is 1. The molecule has 1 aliphatic heterocycles. The third-order valence-corrected chi connectivity index (χ3v) is 5.58. The molecule has 136 valence electrons. The number of nitrogens with zero attached hydrogens (tertiary/aromatic N) is 3. The number of benzene rings is 1. The van der Waals surface area contributed by atoms with E-state index in [0.29, 0.717) is 13.0 Å². The van der Waals surface area contributed by atoms with E-state index in [0.717, 1.165) is 54.6 Å². The summed E-state index contributed by atoms with van der Waals surface area (Å²) in [6.07, 6.45) is 1.42. The molecule has 2 aromatic rings. The number of carbonyl (C=O) groups is 1. The van der Waals surface area contributed by atoms with Crippen molar-refractivity contribution in [1.82, 2.24) is 9.88 Å². The Labute approximate surface area is 153 Å². The van der Waals surface area contributed by atoms with Crippen LogP contribution in [0.4, 0.5) is 5.13 Å². The molecular weight excluding hydrogens is 334 g/mol. The van der Waals surface area contributed by atoms with Gasteiger partial charge in [-0.25, -0.2) is 4.98 Å². The predicted octanol–water partition coefficient (Wildman–Crippen LogP) is 3.38. The standard InChI is InChI=1S/C19H27N3O2S/c1-4-5-17(23)22(7-6-21-8-10-24-11-9-21)19-20-18-15(3)12-14(2)13-16(18)25-19/h12-13H,4-11H2,1-3H3. The molecule has 1 aliphatic rings. The Balaban J connectivity index is 1.83. The number of amides is 1. The van der Waals surface area contributed by atoms with Gasteiger partial charge in [-0.3, -0.25) is 14.6 Å². The monoisotopic (exact) mass is 361 g/mol. The molecule has 1 fully saturated rings. The lowest BCUT2D eigenvalue weighted by Gasteiger charge is -2.29. The first-order valence-electron chi connectivity index (χ1n) is 9.06. The number of morpholine rings is 1. The quantitative estimate of drug-likeness (QED) is 0.791. The van der Waals surface area contributed by atoms with E-state index in [-0.39, 0.29) is 5.91 Å². The Morgan fingerprint density at radius 2 is 2.08 bits per heavy atom. The van der Waals surface area contributed by atoms with Crippen molar-refractivity contribution in [3.05, 3.63) is 23.3 Å². The van der Waals surface area contributed by atoms with Crippen molar-refractivity contribution in [2.45, 2.75) is 33.6 Å². The minimum absolute atomic E-state index is 0.171. The molecule has 2 heterocycles. The zero-order valence-electron chi connectivity index (χ0n) is 15.4. The lowest BCUT2D eigenvalue weighted by molar-refractivity contribution is -0.118. The Kier molecular flexibility index (Phi) is 6.04. The fraction of sp³-hybridized carbons (Fsp3) is 0.579. The Bertz CT molecular complexity index is 738. The van der Waals surface area contributed by atoms with Crippen molar-refractivity contribution >= 4 is 32.6 Å². The van der Waals surface area contributed by atoms with E-state index in [9.17, 15) is 4.79 Å². The van der Waals surface area contributed by atoms with Gasteiger partial charge in [-0.2, -0.15) is 0 Å². The van der Waals surface area contributed by atoms with E-state index >= 15 is 0 Å². The van der Waals surface area contributed by atoms with Crippen molar-refractivity contribution in [2.75, 3.05) is 44.3 Å². The fourth-order valence-electron chi connectivity index (χ4n) is 3.22. The summed E-state index contributed by atoms with van der Waals surface area (Å²) < 4.78 is 6.57. The van der Waals surface area contributed by atoms with Gasteiger partial charge >= 0.3 is 0 Å². The van der Waals surface area contributed by atoms with Gasteiger partial charge < -0.3 is 4.74 Å². The number of aryl methyl sites for hydroxylation is 2. The largest absolute Gasteiger partial charge is 0.379 e. The molecular formula is C19H27N3O2S. The summed E-state index contributed by atoms with van der Waals surface area (Å²) in [4.78, 5) is 21.7. The molecule has 6 heteroatoms. The van der Waals surface area contributed by atoms with Gasteiger partial charge in [0.2, 0.25) is 5.91 Å². The van der Waals surface area contributed by atoms with E-state index in [1.54, 1.807) is 11.3 Å². The van der Waals surface area contributed by atoms with Crippen molar-refractivity contribution in [1.29, 1.82) is 0 Å². The van der Waals surface area contributed by atoms with E-state index in [1.807, 2.05) is 11.8 Å². The molecule has 5 nitrogen and oxygen atoms in total. The predicted molar refractivity (Wildman–Crippen MR) is 104 cm³/mol. The summed E-state index contributed by atoms with van der Waals surface area (Å²) in [5, 5.41) is 0.829. The van der Waals surface area contributed by atoms with Crippen molar-refractivity contribution in [2.24, 2.45) is 0 Å². The molecule has 0 radical (unpaired) electrons. The summed E-state index contributed by atoms with van der Waals surface area (Å²) in [7, 11) is 0. The van der Waals surface area contributed by atoms with Gasteiger partial charge in [-0.1, -0.05) is 24.3 Å². The number of hydrogen-bond acceptors (Lipinski definition) is 5. The molecule has 1 aromatic carbocycles. The van der Waals surface area contributed by atoms with Crippen molar-refractivity contribution < 1.29 is 9.53 Å². The van der Waals surface area contributed by atoms with Crippen LogP contribution >= 0.6 is 11.3 Å². The maximum Gasteiger partial charge on any atom is 0.228 e. The highest BCUT2D eigenvalue weighted by atomic mass is 32.1. The number of thiazole rings is 1. The summed E-state index contributed by atoms with van der Waals surface area (Å²) in [5.74, 6) is 0.171. The molecule has 1 amide bonds. The van der Waals surface area contributed by atoms with Crippen LogP contribution in [0.5, 0.6) is 0 Å². The van der Waals surface area contributed by atoms with Crippen molar-refractivity contribution in [3.8, 4) is 0 Å². The average Bonchev–Trinajstić information content (AvgIpc) is 3.00. The van der Waals surface area contributed by atoms with Gasteiger partial charge in [0.05, 0.1) is 23.4 Å². The van der Waals surface area contributed by atoms with Crippen LogP contribution in [-0.4, -0.2) is 55.2 Å². The molecule has 0 N–H and O–H groups in total. The lowest BCUT2D eigenvalue weighted by atomic mass is 10.1. The summed E-state index contributed by atoms with van der Waals surface area (Å²) in [6, 6.07) is 4.31. The number of hydrogen-bond donors (Lipinski definition) is 0. The van der Waals surface area contributed by atoms with Gasteiger partial charge in [-0.15, -0.1) is 0 Å². The first-order valence-corrected chi connectivity index (χ1v) is 9.88. The van der Waals surface area contributed by atoms with Gasteiger partial charge in [0.15, 0.2) is 5.13 Å². The number of anilines is 1. The van der Waals surface area contributed by atoms with Crippen molar-refractivity contribution in [3.63, 3.8) is 0 Å².